The summed E-state index contributed by atoms with van der Waals surface area (Å²) in [6.07, 6.45) is 0. The lowest BCUT2D eigenvalue weighted by molar-refractivity contribution is 0.105. The standard InChI is InChI=1S/C11H8N2O2S2/c1-5-2-3-6-7(4-5)13-9(11(15)17)8(12-6)10(14)16/h2-4H,1H3,(H,14,16)(H,15,17). The molecule has 0 aliphatic carbocycles. The number of carbonyl (C=O) groups is 2. The van der Waals surface area contributed by atoms with Gasteiger partial charge in [0, 0.05) is 0 Å². The summed E-state index contributed by atoms with van der Waals surface area (Å²) in [6, 6.07) is 5.38. The third kappa shape index (κ3) is 2.32. The molecule has 86 valence electrons. The first kappa shape index (κ1) is 12.1. The molecule has 0 unspecified atom stereocenters. The Morgan fingerprint density at radius 3 is 2.06 bits per heavy atom. The van der Waals surface area contributed by atoms with Gasteiger partial charge in [0.1, 0.15) is 11.4 Å². The number of carbonyl (C=O) groups excluding carboxylic acids is 2. The Labute approximate surface area is 108 Å². The molecule has 6 heteroatoms. The minimum Gasteiger partial charge on any atom is -0.280 e. The van der Waals surface area contributed by atoms with Crippen molar-refractivity contribution < 1.29 is 9.59 Å². The lowest BCUT2D eigenvalue weighted by Crippen LogP contribution is -2.08. The molecule has 1 aromatic heterocycles. The molecule has 0 aliphatic heterocycles. The number of rotatable bonds is 2. The summed E-state index contributed by atoms with van der Waals surface area (Å²) in [7, 11) is 0. The molecule has 0 N–H and O–H groups in total. The molecule has 0 amide bonds. The molecule has 0 radical (unpaired) electrons. The van der Waals surface area contributed by atoms with Crippen LogP contribution in [0.25, 0.3) is 11.0 Å². The van der Waals surface area contributed by atoms with Crippen molar-refractivity contribution >= 4 is 46.5 Å². The van der Waals surface area contributed by atoms with Crippen LogP contribution in [-0.2, 0) is 0 Å². The summed E-state index contributed by atoms with van der Waals surface area (Å²) in [6.45, 7) is 1.90. The number of hydrogen-bond donors (Lipinski definition) is 2. The van der Waals surface area contributed by atoms with Crippen LogP contribution in [0.1, 0.15) is 26.5 Å². The van der Waals surface area contributed by atoms with Gasteiger partial charge in [0.25, 0.3) is 0 Å². The maximum atomic E-state index is 11.3. The van der Waals surface area contributed by atoms with Crippen LogP contribution in [0.4, 0.5) is 0 Å². The van der Waals surface area contributed by atoms with Gasteiger partial charge < -0.3 is 0 Å². The van der Waals surface area contributed by atoms with Crippen molar-refractivity contribution in [3.05, 3.63) is 35.2 Å². The Morgan fingerprint density at radius 1 is 1.00 bits per heavy atom. The van der Waals surface area contributed by atoms with Gasteiger partial charge >= 0.3 is 0 Å². The Hall–Kier alpha value is -1.40. The molecule has 0 saturated heterocycles. The summed E-state index contributed by atoms with van der Waals surface area (Å²) in [5.41, 5.74) is 1.97. The summed E-state index contributed by atoms with van der Waals surface area (Å²) >= 11 is 7.35. The van der Waals surface area contributed by atoms with Crippen LogP contribution in [0.3, 0.4) is 0 Å². The minimum atomic E-state index is -0.600. The van der Waals surface area contributed by atoms with E-state index in [0.717, 1.165) is 5.56 Å². The van der Waals surface area contributed by atoms with E-state index in [1.54, 1.807) is 12.1 Å². The van der Waals surface area contributed by atoms with Gasteiger partial charge in [0.05, 0.1) is 11.0 Å². The first-order valence-electron chi connectivity index (χ1n) is 4.74. The fraction of sp³-hybridized carbons (Fsp3) is 0.0909. The number of thiol groups is 2. The molecule has 0 spiro atoms. The topological polar surface area (TPSA) is 59.9 Å². The molecule has 0 bridgehead atoms. The number of hydrogen-bond acceptors (Lipinski definition) is 4. The molecule has 1 heterocycles. The van der Waals surface area contributed by atoms with E-state index in [2.05, 4.69) is 35.2 Å². The predicted octanol–water partition coefficient (Wildman–Crippen LogP) is 2.08. The molecule has 0 aliphatic rings. The number of nitrogens with zero attached hydrogens (tertiary/aromatic N) is 2. The highest BCUT2D eigenvalue weighted by atomic mass is 32.1. The minimum absolute atomic E-state index is 0.0635. The van der Waals surface area contributed by atoms with Gasteiger partial charge in [-0.1, -0.05) is 31.3 Å². The van der Waals surface area contributed by atoms with Crippen LogP contribution in [-0.4, -0.2) is 20.2 Å². The normalized spacial score (nSPS) is 10.5. The van der Waals surface area contributed by atoms with Gasteiger partial charge in [0.15, 0.2) is 0 Å². The van der Waals surface area contributed by atoms with Crippen molar-refractivity contribution in [1.82, 2.24) is 9.97 Å². The van der Waals surface area contributed by atoms with Crippen molar-refractivity contribution in [2.24, 2.45) is 0 Å². The van der Waals surface area contributed by atoms with Crippen molar-refractivity contribution in [1.29, 1.82) is 0 Å². The van der Waals surface area contributed by atoms with Gasteiger partial charge in [0.2, 0.25) is 10.2 Å². The molecule has 17 heavy (non-hydrogen) atoms. The Balaban J connectivity index is 2.81. The van der Waals surface area contributed by atoms with Crippen molar-refractivity contribution in [3.63, 3.8) is 0 Å². The summed E-state index contributed by atoms with van der Waals surface area (Å²) in [4.78, 5) is 30.7. The number of fused-ring (bicyclic) bond motifs is 1. The zero-order valence-electron chi connectivity index (χ0n) is 8.84. The van der Waals surface area contributed by atoms with E-state index < -0.39 is 10.2 Å². The molecule has 1 aromatic carbocycles. The second-order valence-electron chi connectivity index (χ2n) is 3.52. The average Bonchev–Trinajstić information content (AvgIpc) is 2.26. The molecular weight excluding hydrogens is 256 g/mol. The zero-order chi connectivity index (χ0) is 12.6. The van der Waals surface area contributed by atoms with Crippen molar-refractivity contribution in [2.45, 2.75) is 6.92 Å². The number of benzene rings is 1. The molecule has 2 aromatic rings. The average molecular weight is 264 g/mol. The van der Waals surface area contributed by atoms with Crippen LogP contribution in [0, 0.1) is 6.92 Å². The molecule has 0 saturated carbocycles. The highest BCUT2D eigenvalue weighted by molar-refractivity contribution is 7.98. The lowest BCUT2D eigenvalue weighted by Gasteiger charge is -2.04. The first-order valence-corrected chi connectivity index (χ1v) is 5.63. The van der Waals surface area contributed by atoms with Crippen molar-refractivity contribution in [2.75, 3.05) is 0 Å². The highest BCUT2D eigenvalue weighted by Gasteiger charge is 2.17. The van der Waals surface area contributed by atoms with Crippen LogP contribution in [0.5, 0.6) is 0 Å². The smallest absolute Gasteiger partial charge is 0.237 e. The van der Waals surface area contributed by atoms with E-state index in [1.807, 2.05) is 13.0 Å². The van der Waals surface area contributed by atoms with Gasteiger partial charge in [-0.05, 0) is 24.6 Å². The third-order valence-corrected chi connectivity index (χ3v) is 2.65. The maximum Gasteiger partial charge on any atom is 0.237 e. The van der Waals surface area contributed by atoms with Gasteiger partial charge in [-0.3, -0.25) is 9.59 Å². The van der Waals surface area contributed by atoms with E-state index in [4.69, 9.17) is 0 Å². The molecule has 0 atom stereocenters. The SMILES string of the molecule is Cc1ccc2nc(C(=O)S)c(C(=O)S)nc2c1. The maximum absolute atomic E-state index is 11.3. The van der Waals surface area contributed by atoms with Gasteiger partial charge in [-0.15, -0.1) is 0 Å². The second kappa shape index (κ2) is 4.46. The summed E-state index contributed by atoms with van der Waals surface area (Å²) in [5.74, 6) is 0. The van der Waals surface area contributed by atoms with E-state index in [1.165, 1.54) is 0 Å². The fourth-order valence-corrected chi connectivity index (χ4v) is 1.77. The van der Waals surface area contributed by atoms with Crippen LogP contribution in [0.15, 0.2) is 18.2 Å². The summed E-state index contributed by atoms with van der Waals surface area (Å²) < 4.78 is 0. The predicted molar refractivity (Wildman–Crippen MR) is 70.9 cm³/mol. The van der Waals surface area contributed by atoms with Gasteiger partial charge in [-0.25, -0.2) is 9.97 Å². The van der Waals surface area contributed by atoms with Crippen LogP contribution < -0.4 is 0 Å². The molecule has 2 rings (SSSR count). The van der Waals surface area contributed by atoms with E-state index in [0.29, 0.717) is 11.0 Å². The summed E-state index contributed by atoms with van der Waals surface area (Å²) in [5, 5.41) is -1.20. The first-order chi connectivity index (χ1) is 7.99. The van der Waals surface area contributed by atoms with Gasteiger partial charge in [-0.2, -0.15) is 0 Å². The number of aryl methyl sites for hydroxylation is 1. The Morgan fingerprint density at radius 2 is 1.53 bits per heavy atom. The largest absolute Gasteiger partial charge is 0.280 e. The monoisotopic (exact) mass is 264 g/mol. The zero-order valence-corrected chi connectivity index (χ0v) is 10.6. The molecular formula is C11H8N2O2S2. The van der Waals surface area contributed by atoms with E-state index in [-0.39, 0.29) is 11.4 Å². The van der Waals surface area contributed by atoms with Crippen molar-refractivity contribution in [3.8, 4) is 0 Å². The Bertz CT molecular complexity index is 641. The fourth-order valence-electron chi connectivity index (χ4n) is 1.46. The van der Waals surface area contributed by atoms with Crippen LogP contribution in [0.2, 0.25) is 0 Å². The van der Waals surface area contributed by atoms with E-state index >= 15 is 0 Å². The Kier molecular flexibility index (Phi) is 3.17. The lowest BCUT2D eigenvalue weighted by atomic mass is 10.2. The molecule has 0 fully saturated rings. The van der Waals surface area contributed by atoms with E-state index in [9.17, 15) is 9.59 Å². The number of aromatic nitrogens is 2. The second-order valence-corrected chi connectivity index (χ2v) is 4.34. The van der Waals surface area contributed by atoms with Crippen LogP contribution >= 0.6 is 25.3 Å². The third-order valence-electron chi connectivity index (χ3n) is 2.22. The highest BCUT2D eigenvalue weighted by Crippen LogP contribution is 2.17. The quantitative estimate of drug-likeness (QED) is 0.815. The molecule has 4 nitrogen and oxygen atoms in total.